The van der Waals surface area contributed by atoms with Crippen molar-refractivity contribution in [3.8, 4) is 11.8 Å². The molecule has 0 saturated heterocycles. The lowest BCUT2D eigenvalue weighted by Crippen LogP contribution is -2.16. The second-order valence-corrected chi connectivity index (χ2v) is 6.15. The zero-order valence-corrected chi connectivity index (χ0v) is 15.7. The van der Waals surface area contributed by atoms with E-state index in [4.69, 9.17) is 4.74 Å². The highest BCUT2D eigenvalue weighted by molar-refractivity contribution is 6.07. The van der Waals surface area contributed by atoms with Crippen LogP contribution in [-0.2, 0) is 4.79 Å². The molecule has 0 bridgehead atoms. The minimum atomic E-state index is -0.590. The van der Waals surface area contributed by atoms with E-state index in [0.717, 1.165) is 5.56 Å². The van der Waals surface area contributed by atoms with Gasteiger partial charge in [0, 0.05) is 24.0 Å². The molecule has 2 N–H and O–H groups in total. The molecule has 1 amide bonds. The van der Waals surface area contributed by atoms with Gasteiger partial charge in [-0.05, 0) is 23.6 Å². The van der Waals surface area contributed by atoms with Crippen LogP contribution in [0.2, 0.25) is 0 Å². The maximum atomic E-state index is 12.5. The largest absolute Gasteiger partial charge is 0.495 e. The number of benzene rings is 2. The van der Waals surface area contributed by atoms with Gasteiger partial charge in [-0.15, -0.1) is 0 Å². The minimum Gasteiger partial charge on any atom is -0.495 e. The van der Waals surface area contributed by atoms with Crippen molar-refractivity contribution in [2.24, 2.45) is 0 Å². The molecule has 0 aliphatic carbocycles. The van der Waals surface area contributed by atoms with Gasteiger partial charge < -0.3 is 15.4 Å². The maximum absolute atomic E-state index is 12.5. The fourth-order valence-corrected chi connectivity index (χ4v) is 2.52. The van der Waals surface area contributed by atoms with Crippen LogP contribution in [0.25, 0.3) is 0 Å². The van der Waals surface area contributed by atoms with Crippen LogP contribution in [0, 0.1) is 21.4 Å². The van der Waals surface area contributed by atoms with Crippen LogP contribution in [0.3, 0.4) is 0 Å². The number of methoxy groups -OCH3 is 1. The van der Waals surface area contributed by atoms with Crippen LogP contribution < -0.4 is 15.4 Å². The Bertz CT molecular complexity index is 961. The van der Waals surface area contributed by atoms with Crippen molar-refractivity contribution in [3.05, 3.63) is 69.9 Å². The smallest absolute Gasteiger partial charge is 0.271 e. The van der Waals surface area contributed by atoms with Crippen molar-refractivity contribution in [2.75, 3.05) is 17.7 Å². The number of nitrogens with one attached hydrogen (secondary N) is 2. The molecule has 0 aromatic heterocycles. The second-order valence-electron chi connectivity index (χ2n) is 6.15. The minimum absolute atomic E-state index is 0.148. The molecule has 0 fully saturated rings. The zero-order valence-electron chi connectivity index (χ0n) is 15.7. The molecule has 2 aromatic rings. The molecule has 28 heavy (non-hydrogen) atoms. The van der Waals surface area contributed by atoms with Gasteiger partial charge in [0.2, 0.25) is 0 Å². The molecule has 0 aliphatic rings. The number of hydrogen-bond donors (Lipinski definition) is 2. The molecule has 8 nitrogen and oxygen atoms in total. The quantitative estimate of drug-likeness (QED) is 0.322. The van der Waals surface area contributed by atoms with Gasteiger partial charge in [-0.3, -0.25) is 14.9 Å². The Balaban J connectivity index is 2.25. The Morgan fingerprint density at radius 2 is 1.96 bits per heavy atom. The molecule has 0 unspecified atom stereocenters. The summed E-state index contributed by atoms with van der Waals surface area (Å²) >= 11 is 0. The van der Waals surface area contributed by atoms with Crippen molar-refractivity contribution in [1.29, 1.82) is 5.26 Å². The first kappa shape index (κ1) is 20.5. The van der Waals surface area contributed by atoms with Gasteiger partial charge in [-0.25, -0.2) is 0 Å². The normalized spacial score (nSPS) is 10.9. The predicted molar refractivity (Wildman–Crippen MR) is 106 cm³/mol. The summed E-state index contributed by atoms with van der Waals surface area (Å²) in [4.78, 5) is 22.9. The molecular weight excluding hydrogens is 360 g/mol. The highest BCUT2D eigenvalue weighted by Gasteiger charge is 2.15. The molecule has 0 heterocycles. The summed E-state index contributed by atoms with van der Waals surface area (Å²) in [5.74, 6) is -0.0598. The van der Waals surface area contributed by atoms with E-state index in [-0.39, 0.29) is 22.9 Å². The Labute approximate surface area is 162 Å². The zero-order chi connectivity index (χ0) is 20.7. The summed E-state index contributed by atoms with van der Waals surface area (Å²) in [6, 6.07) is 13.2. The number of para-hydroxylation sites is 1. The molecule has 2 rings (SSSR count). The molecule has 0 radical (unpaired) electrons. The van der Waals surface area contributed by atoms with Crippen molar-refractivity contribution in [2.45, 2.75) is 19.8 Å². The van der Waals surface area contributed by atoms with Crippen LogP contribution in [0.15, 0.2) is 54.2 Å². The summed E-state index contributed by atoms with van der Waals surface area (Å²) in [6.07, 6.45) is 1.19. The molecular formula is C20H20N4O4. The number of carbonyl (C=O) groups excluding carboxylic acids is 1. The van der Waals surface area contributed by atoms with Crippen molar-refractivity contribution >= 4 is 23.0 Å². The standard InChI is InChI=1S/C20H20N4O4/c1-13(2)16-6-4-5-7-17(16)23-20(25)14(11-21)12-22-18-10-15(24(26)27)8-9-19(18)28-3/h4-10,12-13,22H,1-3H3,(H,23,25)/b14-12-. The predicted octanol–water partition coefficient (Wildman–Crippen LogP) is 4.18. The highest BCUT2D eigenvalue weighted by atomic mass is 16.6. The summed E-state index contributed by atoms with van der Waals surface area (Å²) in [5.41, 5.74) is 1.50. The molecule has 0 saturated carbocycles. The fraction of sp³-hybridized carbons (Fsp3) is 0.200. The fourth-order valence-electron chi connectivity index (χ4n) is 2.52. The van der Waals surface area contributed by atoms with Crippen LogP contribution in [0.4, 0.5) is 17.1 Å². The van der Waals surface area contributed by atoms with Crippen molar-refractivity contribution in [1.82, 2.24) is 0 Å². The van der Waals surface area contributed by atoms with E-state index >= 15 is 0 Å². The van der Waals surface area contributed by atoms with E-state index < -0.39 is 10.8 Å². The van der Waals surface area contributed by atoms with Crippen LogP contribution in [0.5, 0.6) is 5.75 Å². The Morgan fingerprint density at radius 1 is 1.25 bits per heavy atom. The third-order valence-electron chi connectivity index (χ3n) is 3.96. The first-order valence-electron chi connectivity index (χ1n) is 8.46. The summed E-state index contributed by atoms with van der Waals surface area (Å²) in [5, 5.41) is 25.8. The number of amides is 1. The summed E-state index contributed by atoms with van der Waals surface area (Å²) in [6.45, 7) is 4.00. The average Bonchev–Trinajstić information content (AvgIpc) is 2.68. The lowest BCUT2D eigenvalue weighted by atomic mass is 10.0. The Kier molecular flexibility index (Phi) is 6.71. The molecule has 8 heteroatoms. The van der Waals surface area contributed by atoms with E-state index in [1.807, 2.05) is 32.0 Å². The lowest BCUT2D eigenvalue weighted by Gasteiger charge is -2.13. The van der Waals surface area contributed by atoms with Gasteiger partial charge in [0.15, 0.2) is 0 Å². The maximum Gasteiger partial charge on any atom is 0.271 e. The van der Waals surface area contributed by atoms with E-state index in [9.17, 15) is 20.2 Å². The van der Waals surface area contributed by atoms with Crippen LogP contribution in [0.1, 0.15) is 25.3 Å². The molecule has 0 aliphatic heterocycles. The number of carbonyl (C=O) groups is 1. The third kappa shape index (κ3) is 4.86. The van der Waals surface area contributed by atoms with Gasteiger partial charge in [0.05, 0.1) is 17.7 Å². The first-order chi connectivity index (χ1) is 13.4. The Morgan fingerprint density at radius 3 is 2.57 bits per heavy atom. The van der Waals surface area contributed by atoms with Crippen LogP contribution in [-0.4, -0.2) is 17.9 Å². The first-order valence-corrected chi connectivity index (χ1v) is 8.46. The second kappa shape index (κ2) is 9.19. The summed E-state index contributed by atoms with van der Waals surface area (Å²) < 4.78 is 5.15. The highest BCUT2D eigenvalue weighted by Crippen LogP contribution is 2.29. The number of nitrogens with zero attached hydrogens (tertiary/aromatic N) is 2. The summed E-state index contributed by atoms with van der Waals surface area (Å²) in [7, 11) is 1.41. The van der Waals surface area contributed by atoms with E-state index in [0.29, 0.717) is 11.4 Å². The van der Waals surface area contributed by atoms with Gasteiger partial charge in [0.1, 0.15) is 17.4 Å². The number of anilines is 2. The van der Waals surface area contributed by atoms with Gasteiger partial charge >= 0.3 is 0 Å². The SMILES string of the molecule is COc1ccc([N+](=O)[O-])cc1N/C=C(/C#N)C(=O)Nc1ccccc1C(C)C. The van der Waals surface area contributed by atoms with Gasteiger partial charge in [-0.1, -0.05) is 32.0 Å². The molecule has 0 atom stereocenters. The van der Waals surface area contributed by atoms with Crippen LogP contribution >= 0.6 is 0 Å². The van der Waals surface area contributed by atoms with E-state index in [2.05, 4.69) is 10.6 Å². The number of nitro groups is 1. The van der Waals surface area contributed by atoms with Gasteiger partial charge in [-0.2, -0.15) is 5.26 Å². The number of rotatable bonds is 7. The number of nitro benzene ring substituents is 1. The van der Waals surface area contributed by atoms with Gasteiger partial charge in [0.25, 0.3) is 11.6 Å². The lowest BCUT2D eigenvalue weighted by molar-refractivity contribution is -0.384. The molecule has 144 valence electrons. The molecule has 2 aromatic carbocycles. The van der Waals surface area contributed by atoms with E-state index in [1.54, 1.807) is 12.1 Å². The topological polar surface area (TPSA) is 117 Å². The van der Waals surface area contributed by atoms with Crippen molar-refractivity contribution < 1.29 is 14.5 Å². The Hall–Kier alpha value is -3.86. The number of hydrogen-bond acceptors (Lipinski definition) is 6. The average molecular weight is 380 g/mol. The third-order valence-corrected chi connectivity index (χ3v) is 3.96. The molecule has 0 spiro atoms. The van der Waals surface area contributed by atoms with Crippen molar-refractivity contribution in [3.63, 3.8) is 0 Å². The monoisotopic (exact) mass is 380 g/mol. The number of nitriles is 1. The number of non-ortho nitro benzene ring substituents is 1. The number of ether oxygens (including phenoxy) is 1. The van der Waals surface area contributed by atoms with E-state index in [1.165, 1.54) is 31.5 Å².